The Morgan fingerprint density at radius 2 is 1.16 bits per heavy atom. The van der Waals surface area contributed by atoms with Crippen LogP contribution in [0.1, 0.15) is 48.0 Å². The molecular weight excluding hydrogens is 240 g/mol. The van der Waals surface area contributed by atoms with Crippen LogP contribution in [0.15, 0.2) is 0 Å². The van der Waals surface area contributed by atoms with Gasteiger partial charge in [0.05, 0.1) is 13.2 Å². The van der Waals surface area contributed by atoms with E-state index in [9.17, 15) is 0 Å². The van der Waals surface area contributed by atoms with Crippen molar-refractivity contribution >= 4 is 0 Å². The van der Waals surface area contributed by atoms with Gasteiger partial charge >= 0.3 is 0 Å². The van der Waals surface area contributed by atoms with Gasteiger partial charge in [0.15, 0.2) is 0 Å². The largest absolute Gasteiger partial charge is 0.362 e. The quantitative estimate of drug-likeness (QED) is 0.806. The van der Waals surface area contributed by atoms with Gasteiger partial charge < -0.3 is 9.47 Å². The monoisotopic (exact) mass is 270 g/mol. The second kappa shape index (κ2) is 5.32. The van der Waals surface area contributed by atoms with Crippen molar-refractivity contribution in [1.82, 2.24) is 10.6 Å². The average molecular weight is 270 g/mol. The van der Waals surface area contributed by atoms with Crippen LogP contribution >= 0.6 is 0 Å². The number of nitrogens with one attached hydrogen (secondary N) is 2. The van der Waals surface area contributed by atoms with E-state index in [4.69, 9.17) is 9.47 Å². The predicted molar refractivity (Wildman–Crippen MR) is 76.9 cm³/mol. The molecule has 4 atom stereocenters. The second-order valence-electron chi connectivity index (χ2n) is 8.05. The third-order valence-corrected chi connectivity index (χ3v) is 4.22. The van der Waals surface area contributed by atoms with Crippen molar-refractivity contribution in [2.24, 2.45) is 10.8 Å². The molecule has 2 aliphatic rings. The van der Waals surface area contributed by atoms with Crippen LogP contribution in [-0.2, 0) is 9.47 Å². The fraction of sp³-hybridized carbons (Fsp3) is 1.00. The second-order valence-corrected chi connectivity index (χ2v) is 8.05. The van der Waals surface area contributed by atoms with Gasteiger partial charge in [0.2, 0.25) is 0 Å². The van der Waals surface area contributed by atoms with Gasteiger partial charge in [-0.25, -0.2) is 0 Å². The van der Waals surface area contributed by atoms with Crippen molar-refractivity contribution in [2.75, 3.05) is 13.2 Å². The average Bonchev–Trinajstić information content (AvgIpc) is 2.84. The molecular formula is C15H30N2O2. The highest BCUT2D eigenvalue weighted by Gasteiger charge is 2.38. The van der Waals surface area contributed by atoms with Crippen LogP contribution in [0.4, 0.5) is 0 Å². The summed E-state index contributed by atoms with van der Waals surface area (Å²) in [6.45, 7) is 15.1. The molecule has 4 nitrogen and oxygen atoms in total. The minimum Gasteiger partial charge on any atom is -0.362 e. The van der Waals surface area contributed by atoms with Crippen molar-refractivity contribution in [1.29, 1.82) is 0 Å². The summed E-state index contributed by atoms with van der Waals surface area (Å²) in [4.78, 5) is 0. The zero-order valence-electron chi connectivity index (χ0n) is 13.2. The minimum absolute atomic E-state index is 0.112. The van der Waals surface area contributed by atoms with Gasteiger partial charge in [0.1, 0.15) is 12.5 Å². The Kier molecular flexibility index (Phi) is 4.26. The van der Waals surface area contributed by atoms with E-state index < -0.39 is 0 Å². The highest BCUT2D eigenvalue weighted by atomic mass is 16.5. The highest BCUT2D eigenvalue weighted by molar-refractivity contribution is 4.90. The molecule has 0 aromatic heterocycles. The maximum absolute atomic E-state index is 5.84. The van der Waals surface area contributed by atoms with E-state index in [0.29, 0.717) is 12.1 Å². The molecule has 0 bridgehead atoms. The predicted octanol–water partition coefficient (Wildman–Crippen LogP) is 2.10. The molecule has 2 fully saturated rings. The Balaban J connectivity index is 1.78. The maximum Gasteiger partial charge on any atom is 0.112 e. The lowest BCUT2D eigenvalue weighted by molar-refractivity contribution is 0.0228. The third kappa shape index (κ3) is 3.91. The Morgan fingerprint density at radius 1 is 0.789 bits per heavy atom. The fourth-order valence-electron chi connectivity index (χ4n) is 2.53. The van der Waals surface area contributed by atoms with Crippen LogP contribution in [0.5, 0.6) is 0 Å². The molecule has 2 N–H and O–H groups in total. The summed E-state index contributed by atoms with van der Waals surface area (Å²) < 4.78 is 11.7. The molecule has 0 amide bonds. The molecule has 2 heterocycles. The van der Waals surface area contributed by atoms with E-state index in [1.807, 2.05) is 0 Å². The molecule has 112 valence electrons. The number of rotatable bonds is 2. The van der Waals surface area contributed by atoms with Crippen LogP contribution in [0.2, 0.25) is 0 Å². The standard InChI is InChI=1S/C15H30N2O2/c1-14(2,3)10-8-18-12(16-10)7-13-17-11(9-19-13)15(4,5)6/h10-13,16-17H,7-9H2,1-6H3/t10-,11-,12?,13?/m1/s1. The Labute approximate surface area is 117 Å². The van der Waals surface area contributed by atoms with Gasteiger partial charge in [-0.2, -0.15) is 0 Å². The van der Waals surface area contributed by atoms with Crippen LogP contribution in [0.3, 0.4) is 0 Å². The fourth-order valence-corrected chi connectivity index (χ4v) is 2.53. The number of hydrogen-bond acceptors (Lipinski definition) is 4. The maximum atomic E-state index is 5.84. The zero-order valence-corrected chi connectivity index (χ0v) is 13.2. The Bertz CT molecular complexity index is 276. The molecule has 0 spiro atoms. The molecule has 0 saturated carbocycles. The van der Waals surface area contributed by atoms with Crippen LogP contribution in [0.25, 0.3) is 0 Å². The van der Waals surface area contributed by atoms with Gasteiger partial charge in [-0.15, -0.1) is 0 Å². The van der Waals surface area contributed by atoms with E-state index in [1.54, 1.807) is 0 Å². The normalized spacial score (nSPS) is 36.9. The van der Waals surface area contributed by atoms with Gasteiger partial charge in [-0.3, -0.25) is 10.6 Å². The Morgan fingerprint density at radius 3 is 1.42 bits per heavy atom. The summed E-state index contributed by atoms with van der Waals surface area (Å²) in [6.07, 6.45) is 1.10. The lowest BCUT2D eigenvalue weighted by Gasteiger charge is -2.27. The van der Waals surface area contributed by atoms with Crippen LogP contribution < -0.4 is 10.6 Å². The Hall–Kier alpha value is -0.160. The summed E-state index contributed by atoms with van der Waals surface area (Å²) in [7, 11) is 0. The van der Waals surface area contributed by atoms with E-state index in [2.05, 4.69) is 52.2 Å². The van der Waals surface area contributed by atoms with Crippen LogP contribution in [-0.4, -0.2) is 37.8 Å². The minimum atomic E-state index is 0.112. The summed E-state index contributed by atoms with van der Waals surface area (Å²) in [6, 6.07) is 0.856. The topological polar surface area (TPSA) is 42.5 Å². The summed E-state index contributed by atoms with van der Waals surface area (Å²) in [5.41, 5.74) is 0.485. The molecule has 2 saturated heterocycles. The number of hydrogen-bond donors (Lipinski definition) is 2. The molecule has 2 unspecified atom stereocenters. The van der Waals surface area contributed by atoms with Crippen molar-refractivity contribution in [3.63, 3.8) is 0 Å². The molecule has 19 heavy (non-hydrogen) atoms. The van der Waals surface area contributed by atoms with Crippen molar-refractivity contribution in [2.45, 2.75) is 72.5 Å². The zero-order chi connectivity index (χ0) is 14.3. The lowest BCUT2D eigenvalue weighted by Crippen LogP contribution is -2.44. The lowest BCUT2D eigenvalue weighted by atomic mass is 9.87. The first kappa shape index (κ1) is 15.2. The van der Waals surface area contributed by atoms with E-state index in [-0.39, 0.29) is 23.3 Å². The third-order valence-electron chi connectivity index (χ3n) is 4.22. The summed E-state index contributed by atoms with van der Waals surface area (Å²) in [5, 5.41) is 7.14. The van der Waals surface area contributed by atoms with Crippen molar-refractivity contribution in [3.05, 3.63) is 0 Å². The highest BCUT2D eigenvalue weighted by Crippen LogP contribution is 2.27. The molecule has 0 radical (unpaired) electrons. The smallest absolute Gasteiger partial charge is 0.112 e. The SMILES string of the molecule is CC(C)(C)[C@H]1COC(CC2N[C@@H](C(C)(C)C)CO2)N1. The van der Waals surface area contributed by atoms with Crippen LogP contribution in [0, 0.1) is 10.8 Å². The summed E-state index contributed by atoms with van der Waals surface area (Å²) in [5.74, 6) is 0. The van der Waals surface area contributed by atoms with E-state index in [0.717, 1.165) is 19.6 Å². The van der Waals surface area contributed by atoms with Gasteiger partial charge in [0, 0.05) is 18.5 Å². The van der Waals surface area contributed by atoms with Gasteiger partial charge in [-0.05, 0) is 10.8 Å². The molecule has 0 aromatic carbocycles. The molecule has 0 aliphatic carbocycles. The van der Waals surface area contributed by atoms with Crippen molar-refractivity contribution in [3.8, 4) is 0 Å². The molecule has 2 aliphatic heterocycles. The molecule has 4 heteroatoms. The van der Waals surface area contributed by atoms with Gasteiger partial charge in [-0.1, -0.05) is 41.5 Å². The first-order valence-corrected chi connectivity index (χ1v) is 7.41. The number of ether oxygens (including phenoxy) is 2. The van der Waals surface area contributed by atoms with Crippen molar-refractivity contribution < 1.29 is 9.47 Å². The first-order valence-electron chi connectivity index (χ1n) is 7.41. The molecule has 0 aromatic rings. The molecule has 2 rings (SSSR count). The van der Waals surface area contributed by atoms with Gasteiger partial charge in [0.25, 0.3) is 0 Å². The first-order chi connectivity index (χ1) is 8.66. The van der Waals surface area contributed by atoms with E-state index in [1.165, 1.54) is 0 Å². The van der Waals surface area contributed by atoms with E-state index >= 15 is 0 Å². The summed E-state index contributed by atoms with van der Waals surface area (Å²) >= 11 is 0.